The highest BCUT2D eigenvalue weighted by Crippen LogP contribution is 2.75. The fraction of sp³-hybridized carbons (Fsp3) is 0.300. The molecule has 0 radical (unpaired) electrons. The number of carboxylic acids is 2. The summed E-state index contributed by atoms with van der Waals surface area (Å²) in [4.78, 5) is 25.0. The molecule has 4 aliphatic rings. The van der Waals surface area contributed by atoms with E-state index < -0.39 is 28.2 Å². The Balaban J connectivity index is 0.000000134. The van der Waals surface area contributed by atoms with Crippen LogP contribution in [0, 0.1) is 17.8 Å². The van der Waals surface area contributed by atoms with Crippen molar-refractivity contribution in [1.82, 2.24) is 10.2 Å². The van der Waals surface area contributed by atoms with Gasteiger partial charge in [0.2, 0.25) is 12.8 Å². The molecule has 0 saturated carbocycles. The SMILES string of the molecule is CC1c2ccccc2C2(c3ccccc32)C1(C)C.Cc1cccc2c1C(C)(C)C(C(=O)O)(C(=O)O)C21c2ccccc21.c1nnco1. The van der Waals surface area contributed by atoms with Crippen molar-refractivity contribution in [3.63, 3.8) is 0 Å². The standard InChI is InChI=1S/C20H18O4.C18H18.C2H2N2O/c1-11-7-6-10-14-15(11)18(2,3)20(16(21)22,17(23)24)19(14)12-8-4-5-9-13(12)19;1-12-13-8-4-5-9-14(13)18(17(12,2)3)15-10-6-7-11-16(15)18;1-3-4-2-5-1/h4-10H,1-3H3,(H,21,22)(H,23,24);4-12H,1-3H3;1-2H. The average molecular weight is 627 g/mol. The van der Waals surface area contributed by atoms with Crippen LogP contribution in [0.25, 0.3) is 0 Å². The van der Waals surface area contributed by atoms with Crippen LogP contribution >= 0.6 is 0 Å². The van der Waals surface area contributed by atoms with Crippen LogP contribution in [0.4, 0.5) is 0 Å². The molecule has 9 rings (SSSR count). The van der Waals surface area contributed by atoms with Gasteiger partial charge in [0.25, 0.3) is 0 Å². The first-order valence-corrected chi connectivity index (χ1v) is 15.9. The van der Waals surface area contributed by atoms with Crippen molar-refractivity contribution < 1.29 is 24.2 Å². The Labute approximate surface area is 274 Å². The maximum Gasteiger partial charge on any atom is 0.323 e. The highest BCUT2D eigenvalue weighted by molar-refractivity contribution is 6.08. The van der Waals surface area contributed by atoms with Gasteiger partial charge in [-0.2, -0.15) is 0 Å². The maximum absolute atomic E-state index is 12.5. The largest absolute Gasteiger partial charge is 0.480 e. The lowest BCUT2D eigenvalue weighted by Gasteiger charge is -2.39. The minimum absolute atomic E-state index is 0.201. The van der Waals surface area contributed by atoms with E-state index in [0.29, 0.717) is 5.92 Å². The van der Waals surface area contributed by atoms with Crippen molar-refractivity contribution in [3.05, 3.63) is 154 Å². The number of aliphatic carboxylic acids is 2. The fourth-order valence-corrected chi connectivity index (χ4v) is 9.81. The molecule has 7 nitrogen and oxygen atoms in total. The molecule has 1 unspecified atom stereocenters. The van der Waals surface area contributed by atoms with Gasteiger partial charge in [0, 0.05) is 5.41 Å². The van der Waals surface area contributed by atoms with Crippen LogP contribution in [0.2, 0.25) is 0 Å². The van der Waals surface area contributed by atoms with E-state index in [1.54, 1.807) is 36.1 Å². The van der Waals surface area contributed by atoms with E-state index in [1.807, 2.05) is 49.4 Å². The molecule has 0 fully saturated rings. The lowest BCUT2D eigenvalue weighted by atomic mass is 9.59. The van der Waals surface area contributed by atoms with E-state index in [-0.39, 0.29) is 10.8 Å². The summed E-state index contributed by atoms with van der Waals surface area (Å²) in [5.41, 5.74) is 6.78. The number of aromatic nitrogens is 2. The third-order valence-corrected chi connectivity index (χ3v) is 12.0. The van der Waals surface area contributed by atoms with E-state index in [1.165, 1.54) is 12.8 Å². The van der Waals surface area contributed by atoms with Gasteiger partial charge in [-0.05, 0) is 68.3 Å². The Kier molecular flexibility index (Phi) is 6.50. The topological polar surface area (TPSA) is 114 Å². The summed E-state index contributed by atoms with van der Waals surface area (Å²) in [5, 5.41) is 27.0. The van der Waals surface area contributed by atoms with Crippen LogP contribution in [0.15, 0.2) is 108 Å². The first kappa shape index (κ1) is 30.6. The van der Waals surface area contributed by atoms with Crippen molar-refractivity contribution in [2.75, 3.05) is 0 Å². The van der Waals surface area contributed by atoms with Crippen molar-refractivity contribution >= 4 is 11.9 Å². The molecular weight excluding hydrogens is 588 g/mol. The number of fused-ring (bicyclic) bond motifs is 10. The summed E-state index contributed by atoms with van der Waals surface area (Å²) in [5.74, 6) is -1.96. The molecule has 4 aromatic carbocycles. The maximum atomic E-state index is 12.5. The molecule has 1 atom stereocenters. The van der Waals surface area contributed by atoms with E-state index in [2.05, 4.69) is 83.9 Å². The predicted molar refractivity (Wildman–Crippen MR) is 177 cm³/mol. The molecule has 2 spiro atoms. The second-order valence-electron chi connectivity index (χ2n) is 14.2. The van der Waals surface area contributed by atoms with Gasteiger partial charge in [0.1, 0.15) is 0 Å². The second-order valence-corrected chi connectivity index (χ2v) is 14.2. The van der Waals surface area contributed by atoms with Gasteiger partial charge in [-0.15, -0.1) is 10.2 Å². The molecule has 0 bridgehead atoms. The second kappa shape index (κ2) is 9.98. The minimum atomic E-state index is -1.96. The lowest BCUT2D eigenvalue weighted by Crippen LogP contribution is -2.57. The zero-order valence-corrected chi connectivity index (χ0v) is 27.4. The number of hydrogen-bond donors (Lipinski definition) is 2. The van der Waals surface area contributed by atoms with E-state index in [4.69, 9.17) is 0 Å². The molecule has 7 heteroatoms. The molecule has 4 aliphatic carbocycles. The third-order valence-electron chi connectivity index (χ3n) is 12.0. The number of hydrogen-bond acceptors (Lipinski definition) is 5. The first-order chi connectivity index (χ1) is 22.4. The van der Waals surface area contributed by atoms with Crippen LogP contribution in [-0.2, 0) is 25.8 Å². The summed E-state index contributed by atoms with van der Waals surface area (Å²) in [6, 6.07) is 31.0. The summed E-state index contributed by atoms with van der Waals surface area (Å²) in [7, 11) is 0. The molecule has 238 valence electrons. The van der Waals surface area contributed by atoms with Crippen molar-refractivity contribution in [3.8, 4) is 0 Å². The Morgan fingerprint density at radius 2 is 1.09 bits per heavy atom. The highest BCUT2D eigenvalue weighted by atomic mass is 16.4. The number of benzene rings is 4. The van der Waals surface area contributed by atoms with Crippen LogP contribution in [-0.4, -0.2) is 32.3 Å². The molecule has 0 amide bonds. The Hall–Kier alpha value is -5.04. The van der Waals surface area contributed by atoms with Gasteiger partial charge in [0.05, 0.1) is 10.8 Å². The quantitative estimate of drug-likeness (QED) is 0.194. The minimum Gasteiger partial charge on any atom is -0.480 e. The van der Waals surface area contributed by atoms with Crippen molar-refractivity contribution in [2.45, 2.75) is 63.7 Å². The smallest absolute Gasteiger partial charge is 0.323 e. The zero-order chi connectivity index (χ0) is 33.6. The van der Waals surface area contributed by atoms with Crippen LogP contribution in [0.5, 0.6) is 0 Å². The molecule has 0 saturated heterocycles. The molecule has 1 heterocycles. The Morgan fingerprint density at radius 1 is 0.638 bits per heavy atom. The van der Waals surface area contributed by atoms with Gasteiger partial charge in [0.15, 0.2) is 5.41 Å². The van der Waals surface area contributed by atoms with Gasteiger partial charge in [-0.1, -0.05) is 126 Å². The number of carbonyl (C=O) groups is 2. The molecular formula is C40H38N2O5. The average Bonchev–Trinajstić information content (AvgIpc) is 3.70. The summed E-state index contributed by atoms with van der Waals surface area (Å²) < 4.78 is 4.36. The van der Waals surface area contributed by atoms with E-state index >= 15 is 0 Å². The summed E-state index contributed by atoms with van der Waals surface area (Å²) in [6.07, 6.45) is 2.53. The normalized spacial score (nSPS) is 20.7. The van der Waals surface area contributed by atoms with Crippen LogP contribution in [0.3, 0.4) is 0 Å². The summed E-state index contributed by atoms with van der Waals surface area (Å²) in [6.45, 7) is 12.6. The van der Waals surface area contributed by atoms with Crippen molar-refractivity contribution in [2.24, 2.45) is 10.8 Å². The number of rotatable bonds is 2. The van der Waals surface area contributed by atoms with Gasteiger partial charge in [-0.25, -0.2) is 0 Å². The van der Waals surface area contributed by atoms with Gasteiger partial charge in [-0.3, -0.25) is 9.59 Å². The Bertz CT molecular complexity index is 1980. The zero-order valence-electron chi connectivity index (χ0n) is 27.4. The Morgan fingerprint density at radius 3 is 1.55 bits per heavy atom. The van der Waals surface area contributed by atoms with Gasteiger partial charge >= 0.3 is 11.9 Å². The van der Waals surface area contributed by atoms with E-state index in [9.17, 15) is 19.8 Å². The third kappa shape index (κ3) is 3.46. The van der Waals surface area contributed by atoms with Crippen LogP contribution in [0.1, 0.15) is 90.6 Å². The van der Waals surface area contributed by atoms with Crippen LogP contribution < -0.4 is 0 Å². The molecule has 1 aromatic heterocycles. The van der Waals surface area contributed by atoms with Gasteiger partial charge < -0.3 is 14.6 Å². The number of carboxylic acid groups (broad SMARTS) is 2. The number of nitrogens with zero attached hydrogens (tertiary/aromatic N) is 2. The first-order valence-electron chi connectivity index (χ1n) is 15.9. The lowest BCUT2D eigenvalue weighted by molar-refractivity contribution is -0.171. The van der Waals surface area contributed by atoms with E-state index in [0.717, 1.165) is 27.8 Å². The fourth-order valence-electron chi connectivity index (χ4n) is 9.81. The predicted octanol–water partition coefficient (Wildman–Crippen LogP) is 7.64. The molecule has 47 heavy (non-hydrogen) atoms. The summed E-state index contributed by atoms with van der Waals surface area (Å²) >= 11 is 0. The molecule has 2 N–H and O–H groups in total. The van der Waals surface area contributed by atoms with Crippen molar-refractivity contribution in [1.29, 1.82) is 0 Å². The number of aryl methyl sites for hydroxylation is 1. The molecule has 5 aromatic rings. The molecule has 0 aliphatic heterocycles. The highest BCUT2D eigenvalue weighted by Gasteiger charge is 2.82. The monoisotopic (exact) mass is 626 g/mol.